The van der Waals surface area contributed by atoms with Crippen LogP contribution in [0.1, 0.15) is 52.0 Å². The highest BCUT2D eigenvalue weighted by Gasteiger charge is 2.31. The molecule has 0 unspecified atom stereocenters. The van der Waals surface area contributed by atoms with Gasteiger partial charge >= 0.3 is 0 Å². The summed E-state index contributed by atoms with van der Waals surface area (Å²) < 4.78 is 13.5. The van der Waals surface area contributed by atoms with Crippen molar-refractivity contribution in [1.29, 1.82) is 0 Å². The topological polar surface area (TPSA) is 66.5 Å². The fourth-order valence-corrected chi connectivity index (χ4v) is 5.94. The normalized spacial score (nSPS) is 17.9. The van der Waals surface area contributed by atoms with Crippen molar-refractivity contribution in [1.82, 2.24) is 5.32 Å². The van der Waals surface area contributed by atoms with E-state index in [1.54, 1.807) is 59.5 Å². The molecule has 33 heavy (non-hydrogen) atoms. The number of fused-ring (bicyclic) bond motifs is 2. The Kier molecular flexibility index (Phi) is 6.04. The molecule has 1 heterocycles. The first kappa shape index (κ1) is 21.9. The van der Waals surface area contributed by atoms with Crippen molar-refractivity contribution in [3.63, 3.8) is 0 Å². The van der Waals surface area contributed by atoms with E-state index in [9.17, 15) is 13.8 Å². The molecule has 2 amide bonds. The molecule has 1 fully saturated rings. The summed E-state index contributed by atoms with van der Waals surface area (Å²) >= 11 is 6.04. The van der Waals surface area contributed by atoms with Gasteiger partial charge in [0, 0.05) is 16.6 Å². The monoisotopic (exact) mass is 478 g/mol. The van der Waals surface area contributed by atoms with E-state index in [4.69, 9.17) is 11.6 Å². The lowest BCUT2D eigenvalue weighted by atomic mass is 10.1. The molecule has 1 saturated carbocycles. The van der Waals surface area contributed by atoms with E-state index in [0.29, 0.717) is 31.6 Å². The summed E-state index contributed by atoms with van der Waals surface area (Å²) in [7, 11) is -1.55. The van der Waals surface area contributed by atoms with Gasteiger partial charge in [0.05, 0.1) is 38.4 Å². The number of nitrogens with one attached hydrogen (secondary N) is 1. The van der Waals surface area contributed by atoms with Gasteiger partial charge in [0.2, 0.25) is 0 Å². The minimum Gasteiger partial charge on any atom is -0.349 e. The van der Waals surface area contributed by atoms with E-state index in [2.05, 4.69) is 5.32 Å². The summed E-state index contributed by atoms with van der Waals surface area (Å²) in [6, 6.07) is 19.5. The van der Waals surface area contributed by atoms with Crippen molar-refractivity contribution < 1.29 is 13.8 Å². The lowest BCUT2D eigenvalue weighted by molar-refractivity contribution is 0.0935. The average molecular weight is 479 g/mol. The number of anilines is 1. The van der Waals surface area contributed by atoms with Gasteiger partial charge in [-0.3, -0.25) is 9.59 Å². The third kappa shape index (κ3) is 4.33. The number of benzene rings is 3. The van der Waals surface area contributed by atoms with E-state index in [0.717, 1.165) is 31.2 Å². The van der Waals surface area contributed by atoms with Gasteiger partial charge in [-0.15, -0.1) is 0 Å². The zero-order valence-corrected chi connectivity index (χ0v) is 19.5. The summed E-state index contributed by atoms with van der Waals surface area (Å²) in [6.07, 6.45) is 4.21. The van der Waals surface area contributed by atoms with Crippen LogP contribution in [0.25, 0.3) is 0 Å². The van der Waals surface area contributed by atoms with Gasteiger partial charge in [0.15, 0.2) is 0 Å². The van der Waals surface area contributed by atoms with E-state index < -0.39 is 10.8 Å². The summed E-state index contributed by atoms with van der Waals surface area (Å²) in [6.45, 7) is 0.266. The molecule has 3 aromatic rings. The number of halogens is 1. The SMILES string of the molecule is O=C(NC1CCCC1)c1ccc2c(c1)N(Cc1ccc(Cl)cc1)C(=O)c1ccccc1[S@@]2=O. The fourth-order valence-electron chi connectivity index (χ4n) is 4.47. The molecule has 5 rings (SSSR count). The third-order valence-corrected chi connectivity index (χ3v) is 7.97. The first-order chi connectivity index (χ1) is 16.0. The van der Waals surface area contributed by atoms with Crippen LogP contribution in [0.15, 0.2) is 76.5 Å². The highest BCUT2D eigenvalue weighted by Crippen LogP contribution is 2.36. The molecule has 1 aliphatic heterocycles. The molecular formula is C26H23ClN2O3S. The number of amides is 2. The Morgan fingerprint density at radius 1 is 1.00 bits per heavy atom. The molecule has 0 saturated heterocycles. The predicted octanol–water partition coefficient (Wildman–Crippen LogP) is 5.34. The van der Waals surface area contributed by atoms with Crippen LogP contribution in [-0.2, 0) is 17.3 Å². The summed E-state index contributed by atoms with van der Waals surface area (Å²) in [5, 5.41) is 3.70. The highest BCUT2D eigenvalue weighted by atomic mass is 35.5. The average Bonchev–Trinajstić information content (AvgIpc) is 3.33. The van der Waals surface area contributed by atoms with Gasteiger partial charge < -0.3 is 10.2 Å². The van der Waals surface area contributed by atoms with Crippen LogP contribution < -0.4 is 10.2 Å². The van der Waals surface area contributed by atoms with Gasteiger partial charge in [0.1, 0.15) is 0 Å². The molecule has 1 aliphatic carbocycles. The van der Waals surface area contributed by atoms with Crippen molar-refractivity contribution in [3.8, 4) is 0 Å². The molecule has 3 aromatic carbocycles. The van der Waals surface area contributed by atoms with Crippen molar-refractivity contribution >= 4 is 39.9 Å². The molecule has 0 spiro atoms. The van der Waals surface area contributed by atoms with Crippen LogP contribution in [0.3, 0.4) is 0 Å². The Morgan fingerprint density at radius 3 is 2.48 bits per heavy atom. The molecule has 2 aliphatic rings. The van der Waals surface area contributed by atoms with E-state index >= 15 is 0 Å². The van der Waals surface area contributed by atoms with Gasteiger partial charge in [-0.1, -0.05) is 48.7 Å². The van der Waals surface area contributed by atoms with Gasteiger partial charge in [-0.05, 0) is 60.9 Å². The molecule has 1 N–H and O–H groups in total. The molecule has 0 aromatic heterocycles. The van der Waals surface area contributed by atoms with E-state index in [-0.39, 0.29) is 24.4 Å². The Bertz CT molecular complexity index is 1250. The number of carbonyl (C=O) groups is 2. The second kappa shape index (κ2) is 9.12. The maximum Gasteiger partial charge on any atom is 0.259 e. The van der Waals surface area contributed by atoms with Crippen LogP contribution in [0.2, 0.25) is 5.02 Å². The second-order valence-corrected chi connectivity index (χ2v) is 10.3. The first-order valence-electron chi connectivity index (χ1n) is 11.0. The number of hydrogen-bond acceptors (Lipinski definition) is 3. The van der Waals surface area contributed by atoms with Gasteiger partial charge in [-0.25, -0.2) is 4.21 Å². The largest absolute Gasteiger partial charge is 0.349 e. The molecule has 168 valence electrons. The summed E-state index contributed by atoms with van der Waals surface area (Å²) in [5.41, 5.74) is 2.23. The Balaban J connectivity index is 1.58. The Morgan fingerprint density at radius 2 is 1.73 bits per heavy atom. The van der Waals surface area contributed by atoms with Crippen LogP contribution in [0.5, 0.6) is 0 Å². The van der Waals surface area contributed by atoms with E-state index in [1.165, 1.54) is 0 Å². The molecular weight excluding hydrogens is 456 g/mol. The molecule has 0 radical (unpaired) electrons. The number of hydrogen-bond donors (Lipinski definition) is 1. The quantitative estimate of drug-likeness (QED) is 0.550. The van der Waals surface area contributed by atoms with Crippen LogP contribution >= 0.6 is 11.6 Å². The van der Waals surface area contributed by atoms with Gasteiger partial charge in [-0.2, -0.15) is 0 Å². The number of carbonyl (C=O) groups excluding carboxylic acids is 2. The highest BCUT2D eigenvalue weighted by molar-refractivity contribution is 7.85. The first-order valence-corrected chi connectivity index (χ1v) is 12.6. The summed E-state index contributed by atoms with van der Waals surface area (Å²) in [5.74, 6) is -0.419. The van der Waals surface area contributed by atoms with Crippen molar-refractivity contribution in [2.24, 2.45) is 0 Å². The number of rotatable bonds is 4. The minimum absolute atomic E-state index is 0.170. The Hall–Kier alpha value is -2.96. The lowest BCUT2D eigenvalue weighted by Crippen LogP contribution is -2.33. The zero-order valence-electron chi connectivity index (χ0n) is 17.9. The van der Waals surface area contributed by atoms with Crippen molar-refractivity contribution in [2.75, 3.05) is 4.90 Å². The predicted molar refractivity (Wildman–Crippen MR) is 129 cm³/mol. The number of nitrogens with zero attached hydrogens (tertiary/aromatic N) is 1. The lowest BCUT2D eigenvalue weighted by Gasteiger charge is -2.24. The minimum atomic E-state index is -1.55. The maximum absolute atomic E-state index is 13.6. The van der Waals surface area contributed by atoms with Crippen molar-refractivity contribution in [3.05, 3.63) is 88.4 Å². The summed E-state index contributed by atoms with van der Waals surface area (Å²) in [4.78, 5) is 29.2. The van der Waals surface area contributed by atoms with Crippen LogP contribution in [-0.4, -0.2) is 22.1 Å². The Labute approximate surface area is 200 Å². The smallest absolute Gasteiger partial charge is 0.259 e. The van der Waals surface area contributed by atoms with Gasteiger partial charge in [0.25, 0.3) is 11.8 Å². The zero-order chi connectivity index (χ0) is 22.9. The molecule has 1 atom stereocenters. The molecule has 7 heteroatoms. The third-order valence-electron chi connectivity index (χ3n) is 6.22. The van der Waals surface area contributed by atoms with E-state index in [1.807, 2.05) is 12.1 Å². The van der Waals surface area contributed by atoms with Crippen molar-refractivity contribution in [2.45, 2.75) is 48.1 Å². The second-order valence-electron chi connectivity index (χ2n) is 8.42. The van der Waals surface area contributed by atoms with Crippen LogP contribution in [0, 0.1) is 0 Å². The molecule has 5 nitrogen and oxygen atoms in total. The fraction of sp³-hybridized carbons (Fsp3) is 0.231. The maximum atomic E-state index is 13.6. The van der Waals surface area contributed by atoms with Crippen LogP contribution in [0.4, 0.5) is 5.69 Å². The standard InChI is InChI=1S/C26H23ClN2O3S/c27-19-12-9-17(10-13-19)16-29-22-15-18(25(30)28-20-5-1-2-6-20)11-14-24(22)33(32)23-8-4-3-7-21(23)26(29)31/h3-4,7-15,20H,1-2,5-6,16H2,(H,28,30)/t33-/m0/s1. The molecule has 0 bridgehead atoms.